The Bertz CT molecular complexity index is 696. The maximum absolute atomic E-state index is 9.86. The van der Waals surface area contributed by atoms with E-state index >= 15 is 0 Å². The van der Waals surface area contributed by atoms with E-state index < -0.39 is 0 Å². The summed E-state index contributed by atoms with van der Waals surface area (Å²) >= 11 is 0. The lowest BCUT2D eigenvalue weighted by atomic mass is 9.70. The van der Waals surface area contributed by atoms with Crippen molar-refractivity contribution in [3.8, 4) is 6.07 Å². The van der Waals surface area contributed by atoms with Crippen molar-refractivity contribution < 1.29 is 0 Å². The van der Waals surface area contributed by atoms with E-state index in [4.69, 9.17) is 0 Å². The number of nitriles is 1. The molecular formula is C18H20N2. The van der Waals surface area contributed by atoms with Crippen LogP contribution in [0.2, 0.25) is 0 Å². The number of para-hydroxylation sites is 1. The van der Waals surface area contributed by atoms with Gasteiger partial charge in [-0.2, -0.15) is 5.26 Å². The van der Waals surface area contributed by atoms with Crippen LogP contribution < -0.4 is 0 Å². The van der Waals surface area contributed by atoms with E-state index in [1.54, 1.807) is 0 Å². The van der Waals surface area contributed by atoms with E-state index in [9.17, 15) is 5.26 Å². The van der Waals surface area contributed by atoms with Crippen LogP contribution in [-0.2, 0) is 18.4 Å². The predicted octanol–water partition coefficient (Wildman–Crippen LogP) is 4.31. The maximum atomic E-state index is 9.86. The van der Waals surface area contributed by atoms with Gasteiger partial charge in [0.1, 0.15) is 0 Å². The molecule has 1 aromatic heterocycles. The van der Waals surface area contributed by atoms with E-state index in [0.717, 1.165) is 19.4 Å². The van der Waals surface area contributed by atoms with E-state index in [-0.39, 0.29) is 5.41 Å². The Morgan fingerprint density at radius 1 is 1.10 bits per heavy atom. The molecule has 2 aliphatic rings. The van der Waals surface area contributed by atoms with Gasteiger partial charge in [0.05, 0.1) is 17.0 Å². The molecule has 102 valence electrons. The SMILES string of the molecule is N#CC1(c2cn3c4c(cccc24)CCC3)CCCCC1. The molecule has 0 spiro atoms. The van der Waals surface area contributed by atoms with Gasteiger partial charge >= 0.3 is 0 Å². The summed E-state index contributed by atoms with van der Waals surface area (Å²) in [7, 11) is 0. The molecule has 2 nitrogen and oxygen atoms in total. The monoisotopic (exact) mass is 264 g/mol. The zero-order valence-electron chi connectivity index (χ0n) is 11.9. The van der Waals surface area contributed by atoms with E-state index in [0.29, 0.717) is 0 Å². The topological polar surface area (TPSA) is 28.7 Å². The Labute approximate surface area is 120 Å². The summed E-state index contributed by atoms with van der Waals surface area (Å²) in [5, 5.41) is 11.2. The summed E-state index contributed by atoms with van der Waals surface area (Å²) in [5.41, 5.74) is 3.93. The molecule has 0 saturated heterocycles. The van der Waals surface area contributed by atoms with Crippen LogP contribution >= 0.6 is 0 Å². The normalized spacial score (nSPS) is 20.8. The lowest BCUT2D eigenvalue weighted by molar-refractivity contribution is 0.367. The fraction of sp³-hybridized carbons (Fsp3) is 0.500. The molecule has 1 aliphatic carbocycles. The van der Waals surface area contributed by atoms with Crippen LogP contribution in [0.15, 0.2) is 24.4 Å². The van der Waals surface area contributed by atoms with Crippen LogP contribution in [0.5, 0.6) is 0 Å². The standard InChI is InChI=1S/C18H20N2/c19-13-18(9-2-1-3-10-18)16-12-20-11-5-7-14-6-4-8-15(16)17(14)20/h4,6,8,12H,1-3,5,7,9-11H2. The van der Waals surface area contributed by atoms with Gasteiger partial charge in [-0.25, -0.2) is 0 Å². The number of hydrogen-bond acceptors (Lipinski definition) is 1. The number of aromatic nitrogens is 1. The maximum Gasteiger partial charge on any atom is 0.0843 e. The molecule has 0 N–H and O–H groups in total. The third kappa shape index (κ3) is 1.56. The molecular weight excluding hydrogens is 244 g/mol. The van der Waals surface area contributed by atoms with Gasteiger partial charge in [-0.05, 0) is 36.8 Å². The van der Waals surface area contributed by atoms with Gasteiger partial charge in [-0.1, -0.05) is 37.5 Å². The summed E-state index contributed by atoms with van der Waals surface area (Å²) in [6.45, 7) is 1.11. The van der Waals surface area contributed by atoms with E-state index in [1.807, 2.05) is 0 Å². The van der Waals surface area contributed by atoms with Crippen LogP contribution in [0.3, 0.4) is 0 Å². The summed E-state index contributed by atoms with van der Waals surface area (Å²) in [5.74, 6) is 0. The minimum atomic E-state index is -0.231. The summed E-state index contributed by atoms with van der Waals surface area (Å²) in [6, 6.07) is 9.34. The molecule has 1 fully saturated rings. The highest BCUT2D eigenvalue weighted by Gasteiger charge is 2.37. The van der Waals surface area contributed by atoms with Crippen LogP contribution in [0.25, 0.3) is 10.9 Å². The zero-order chi connectivity index (χ0) is 13.6. The Morgan fingerprint density at radius 3 is 2.75 bits per heavy atom. The van der Waals surface area contributed by atoms with Crippen molar-refractivity contribution in [1.29, 1.82) is 5.26 Å². The van der Waals surface area contributed by atoms with Crippen LogP contribution in [-0.4, -0.2) is 4.57 Å². The van der Waals surface area contributed by atoms with E-state index in [1.165, 1.54) is 54.1 Å². The van der Waals surface area contributed by atoms with Crippen molar-refractivity contribution in [3.63, 3.8) is 0 Å². The van der Waals surface area contributed by atoms with Crippen molar-refractivity contribution in [2.24, 2.45) is 0 Å². The van der Waals surface area contributed by atoms with Crippen molar-refractivity contribution in [3.05, 3.63) is 35.5 Å². The molecule has 1 aromatic carbocycles. The quantitative estimate of drug-likeness (QED) is 0.754. The number of rotatable bonds is 1. The first-order valence-corrected chi connectivity index (χ1v) is 7.86. The molecule has 2 heterocycles. The van der Waals surface area contributed by atoms with Crippen LogP contribution in [0.1, 0.15) is 49.7 Å². The smallest absolute Gasteiger partial charge is 0.0843 e. The summed E-state index contributed by atoms with van der Waals surface area (Å²) in [6.07, 6.45) is 10.4. The molecule has 0 unspecified atom stereocenters. The molecule has 1 aliphatic heterocycles. The predicted molar refractivity (Wildman–Crippen MR) is 80.6 cm³/mol. The molecule has 20 heavy (non-hydrogen) atoms. The first kappa shape index (κ1) is 12.0. The van der Waals surface area contributed by atoms with Gasteiger partial charge in [-0.15, -0.1) is 0 Å². The lowest BCUT2D eigenvalue weighted by Crippen LogP contribution is -2.26. The number of aryl methyl sites for hydroxylation is 2. The Morgan fingerprint density at radius 2 is 1.95 bits per heavy atom. The first-order valence-electron chi connectivity index (χ1n) is 7.86. The summed E-state index contributed by atoms with van der Waals surface area (Å²) in [4.78, 5) is 0. The van der Waals surface area contributed by atoms with Crippen LogP contribution in [0.4, 0.5) is 0 Å². The third-order valence-electron chi connectivity index (χ3n) is 5.26. The van der Waals surface area contributed by atoms with Crippen molar-refractivity contribution in [1.82, 2.24) is 4.57 Å². The molecule has 0 atom stereocenters. The first-order chi connectivity index (χ1) is 9.84. The Hall–Kier alpha value is -1.75. The Balaban J connectivity index is 1.97. The van der Waals surface area contributed by atoms with Crippen molar-refractivity contribution >= 4 is 10.9 Å². The van der Waals surface area contributed by atoms with Gasteiger partial charge in [0.25, 0.3) is 0 Å². The van der Waals surface area contributed by atoms with Gasteiger partial charge in [0.2, 0.25) is 0 Å². The average Bonchev–Trinajstić information content (AvgIpc) is 2.90. The highest BCUT2D eigenvalue weighted by molar-refractivity contribution is 5.88. The van der Waals surface area contributed by atoms with Gasteiger partial charge in [-0.3, -0.25) is 0 Å². The number of nitrogens with zero attached hydrogens (tertiary/aromatic N) is 2. The molecule has 0 radical (unpaired) electrons. The highest BCUT2D eigenvalue weighted by atomic mass is 15.0. The summed E-state index contributed by atoms with van der Waals surface area (Å²) < 4.78 is 2.40. The second-order valence-electron chi connectivity index (χ2n) is 6.41. The molecule has 2 aromatic rings. The minimum absolute atomic E-state index is 0.231. The largest absolute Gasteiger partial charge is 0.347 e. The third-order valence-corrected chi connectivity index (χ3v) is 5.26. The highest BCUT2D eigenvalue weighted by Crippen LogP contribution is 2.43. The van der Waals surface area contributed by atoms with Crippen molar-refractivity contribution in [2.75, 3.05) is 0 Å². The minimum Gasteiger partial charge on any atom is -0.347 e. The average molecular weight is 264 g/mol. The van der Waals surface area contributed by atoms with Crippen LogP contribution in [0, 0.1) is 11.3 Å². The van der Waals surface area contributed by atoms with Gasteiger partial charge < -0.3 is 4.57 Å². The fourth-order valence-electron chi connectivity index (χ4n) is 4.23. The second-order valence-corrected chi connectivity index (χ2v) is 6.41. The molecule has 0 bridgehead atoms. The second kappa shape index (κ2) is 4.38. The molecule has 2 heteroatoms. The molecule has 1 saturated carbocycles. The van der Waals surface area contributed by atoms with Gasteiger partial charge in [0.15, 0.2) is 0 Å². The lowest BCUT2D eigenvalue weighted by Gasteiger charge is -2.30. The molecule has 4 rings (SSSR count). The number of hydrogen-bond donors (Lipinski definition) is 0. The van der Waals surface area contributed by atoms with Crippen molar-refractivity contribution in [2.45, 2.75) is 56.9 Å². The zero-order valence-corrected chi connectivity index (χ0v) is 11.9. The van der Waals surface area contributed by atoms with E-state index in [2.05, 4.69) is 35.0 Å². The van der Waals surface area contributed by atoms with Gasteiger partial charge in [0, 0.05) is 18.1 Å². The molecule has 0 amide bonds. The Kier molecular flexibility index (Phi) is 2.63. The fourth-order valence-corrected chi connectivity index (χ4v) is 4.23. The number of benzene rings is 1.